The van der Waals surface area contributed by atoms with Gasteiger partial charge >= 0.3 is 0 Å². The van der Waals surface area contributed by atoms with E-state index in [1.165, 1.54) is 50.5 Å². The number of hydrogen-bond donors (Lipinski definition) is 2. The van der Waals surface area contributed by atoms with Gasteiger partial charge in [0.25, 0.3) is 0 Å². The van der Waals surface area contributed by atoms with Crippen LogP contribution in [0.5, 0.6) is 0 Å². The van der Waals surface area contributed by atoms with E-state index in [1.54, 1.807) is 0 Å². The maximum absolute atomic E-state index is 5.75. The molecule has 1 heterocycles. The van der Waals surface area contributed by atoms with Crippen molar-refractivity contribution in [1.82, 2.24) is 10.4 Å². The van der Waals surface area contributed by atoms with Crippen LogP contribution >= 0.6 is 0 Å². The van der Waals surface area contributed by atoms with E-state index in [1.807, 2.05) is 18.5 Å². The Kier molecular flexibility index (Phi) is 4.95. The molecule has 1 fully saturated rings. The van der Waals surface area contributed by atoms with Gasteiger partial charge in [-0.15, -0.1) is 0 Å². The van der Waals surface area contributed by atoms with Crippen molar-refractivity contribution in [3.8, 4) is 0 Å². The second-order valence-electron chi connectivity index (χ2n) is 5.04. The molecule has 94 valence electrons. The van der Waals surface area contributed by atoms with E-state index in [2.05, 4.69) is 16.5 Å². The normalized spacial score (nSPS) is 20.5. The number of hydrazine groups is 1. The maximum Gasteiger partial charge on any atom is 0.0503 e. The van der Waals surface area contributed by atoms with Gasteiger partial charge in [0.2, 0.25) is 0 Å². The summed E-state index contributed by atoms with van der Waals surface area (Å²) < 4.78 is 0. The Hall–Kier alpha value is -0.930. The summed E-state index contributed by atoms with van der Waals surface area (Å²) in [5.74, 6) is 6.40. The van der Waals surface area contributed by atoms with Crippen molar-refractivity contribution in [2.45, 2.75) is 51.0 Å². The Morgan fingerprint density at radius 1 is 1.18 bits per heavy atom. The van der Waals surface area contributed by atoms with E-state index in [0.717, 1.165) is 0 Å². The predicted octanol–water partition coefficient (Wildman–Crippen LogP) is 2.95. The number of rotatable bonds is 3. The quantitative estimate of drug-likeness (QED) is 0.623. The number of pyridine rings is 1. The summed E-state index contributed by atoms with van der Waals surface area (Å²) in [4.78, 5) is 4.19. The zero-order valence-electron chi connectivity index (χ0n) is 10.4. The molecule has 3 heteroatoms. The lowest BCUT2D eigenvalue weighted by Gasteiger charge is -2.28. The largest absolute Gasteiger partial charge is 0.271 e. The van der Waals surface area contributed by atoms with Crippen LogP contribution < -0.4 is 11.3 Å². The molecule has 0 aliphatic heterocycles. The molecule has 0 saturated heterocycles. The van der Waals surface area contributed by atoms with Gasteiger partial charge in [-0.3, -0.25) is 16.3 Å². The van der Waals surface area contributed by atoms with Gasteiger partial charge < -0.3 is 0 Å². The van der Waals surface area contributed by atoms with Crippen LogP contribution in [0.25, 0.3) is 0 Å². The maximum atomic E-state index is 5.75. The van der Waals surface area contributed by atoms with Gasteiger partial charge in [0.05, 0.1) is 6.04 Å². The topological polar surface area (TPSA) is 50.9 Å². The van der Waals surface area contributed by atoms with Gasteiger partial charge in [0, 0.05) is 12.4 Å². The number of hydrogen-bond acceptors (Lipinski definition) is 3. The van der Waals surface area contributed by atoms with Crippen LogP contribution in [0.4, 0.5) is 0 Å². The van der Waals surface area contributed by atoms with Crippen LogP contribution in [0.3, 0.4) is 0 Å². The first kappa shape index (κ1) is 12.5. The zero-order valence-corrected chi connectivity index (χ0v) is 10.4. The fourth-order valence-electron chi connectivity index (χ4n) is 2.89. The standard InChI is InChI=1S/C14H23N3/c15-17-14(13-9-6-10-16-11-13)12-7-4-2-1-3-5-8-12/h6,9-12,14,17H,1-5,7-8,15H2. The van der Waals surface area contributed by atoms with Gasteiger partial charge in [0.1, 0.15) is 0 Å². The zero-order chi connectivity index (χ0) is 11.9. The number of nitrogens with zero attached hydrogens (tertiary/aromatic N) is 1. The Morgan fingerprint density at radius 2 is 1.88 bits per heavy atom. The Labute approximate surface area is 104 Å². The number of nitrogens with two attached hydrogens (primary N) is 1. The molecule has 1 saturated carbocycles. The third-order valence-electron chi connectivity index (χ3n) is 3.84. The van der Waals surface area contributed by atoms with Crippen LogP contribution in [0, 0.1) is 5.92 Å². The van der Waals surface area contributed by atoms with Gasteiger partial charge in [-0.05, 0) is 30.4 Å². The minimum absolute atomic E-state index is 0.266. The molecular formula is C14H23N3. The second-order valence-corrected chi connectivity index (χ2v) is 5.04. The van der Waals surface area contributed by atoms with E-state index < -0.39 is 0 Å². The fraction of sp³-hybridized carbons (Fsp3) is 0.643. The van der Waals surface area contributed by atoms with E-state index >= 15 is 0 Å². The molecule has 3 nitrogen and oxygen atoms in total. The molecule has 2 rings (SSSR count). The van der Waals surface area contributed by atoms with Crippen molar-refractivity contribution in [3.05, 3.63) is 30.1 Å². The predicted molar refractivity (Wildman–Crippen MR) is 70.1 cm³/mol. The first-order chi connectivity index (χ1) is 8.42. The van der Waals surface area contributed by atoms with E-state index in [4.69, 9.17) is 5.84 Å². The average molecular weight is 233 g/mol. The number of aromatic nitrogens is 1. The SMILES string of the molecule is NNC(c1cccnc1)C1CCCCCCC1. The molecule has 1 aromatic heterocycles. The molecule has 17 heavy (non-hydrogen) atoms. The summed E-state index contributed by atoms with van der Waals surface area (Å²) in [5.41, 5.74) is 4.22. The van der Waals surface area contributed by atoms with Crippen LogP contribution in [0.1, 0.15) is 56.6 Å². The molecule has 0 aromatic carbocycles. The van der Waals surface area contributed by atoms with Crippen molar-refractivity contribution in [2.24, 2.45) is 11.8 Å². The van der Waals surface area contributed by atoms with E-state index in [-0.39, 0.29) is 6.04 Å². The van der Waals surface area contributed by atoms with Gasteiger partial charge in [-0.25, -0.2) is 0 Å². The lowest BCUT2D eigenvalue weighted by molar-refractivity contribution is 0.290. The minimum atomic E-state index is 0.266. The molecule has 3 N–H and O–H groups in total. The Bertz CT molecular complexity index is 305. The van der Waals surface area contributed by atoms with Crippen molar-refractivity contribution in [3.63, 3.8) is 0 Å². The first-order valence-corrected chi connectivity index (χ1v) is 6.78. The van der Waals surface area contributed by atoms with Crippen molar-refractivity contribution in [1.29, 1.82) is 0 Å². The second kappa shape index (κ2) is 6.72. The van der Waals surface area contributed by atoms with E-state index in [9.17, 15) is 0 Å². The van der Waals surface area contributed by atoms with Crippen molar-refractivity contribution >= 4 is 0 Å². The molecule has 1 aliphatic rings. The Balaban J connectivity index is 2.05. The van der Waals surface area contributed by atoms with Crippen LogP contribution in [-0.2, 0) is 0 Å². The third-order valence-corrected chi connectivity index (χ3v) is 3.84. The molecule has 1 aromatic rings. The molecule has 1 atom stereocenters. The summed E-state index contributed by atoms with van der Waals surface area (Å²) >= 11 is 0. The summed E-state index contributed by atoms with van der Waals surface area (Å²) in [6.45, 7) is 0. The Morgan fingerprint density at radius 3 is 2.47 bits per heavy atom. The van der Waals surface area contributed by atoms with Gasteiger partial charge in [0.15, 0.2) is 0 Å². The summed E-state index contributed by atoms with van der Waals surface area (Å²) in [6.07, 6.45) is 13.1. The highest BCUT2D eigenvalue weighted by Gasteiger charge is 2.22. The minimum Gasteiger partial charge on any atom is -0.271 e. The van der Waals surface area contributed by atoms with Crippen molar-refractivity contribution in [2.75, 3.05) is 0 Å². The molecule has 0 spiro atoms. The van der Waals surface area contributed by atoms with Gasteiger partial charge in [-0.2, -0.15) is 0 Å². The fourth-order valence-corrected chi connectivity index (χ4v) is 2.89. The van der Waals surface area contributed by atoms with Gasteiger partial charge in [-0.1, -0.05) is 38.2 Å². The van der Waals surface area contributed by atoms with Crippen LogP contribution in [0.15, 0.2) is 24.5 Å². The molecule has 1 unspecified atom stereocenters. The number of nitrogens with one attached hydrogen (secondary N) is 1. The molecule has 0 amide bonds. The summed E-state index contributed by atoms with van der Waals surface area (Å²) in [5, 5.41) is 0. The summed E-state index contributed by atoms with van der Waals surface area (Å²) in [6, 6.07) is 4.38. The van der Waals surface area contributed by atoms with Crippen LogP contribution in [-0.4, -0.2) is 4.98 Å². The lowest BCUT2D eigenvalue weighted by Crippen LogP contribution is -2.34. The van der Waals surface area contributed by atoms with Crippen LogP contribution in [0.2, 0.25) is 0 Å². The smallest absolute Gasteiger partial charge is 0.0503 e. The first-order valence-electron chi connectivity index (χ1n) is 6.78. The molecule has 0 bridgehead atoms. The third kappa shape index (κ3) is 3.51. The molecular weight excluding hydrogens is 210 g/mol. The van der Waals surface area contributed by atoms with E-state index in [0.29, 0.717) is 5.92 Å². The van der Waals surface area contributed by atoms with Crippen molar-refractivity contribution < 1.29 is 0 Å². The lowest BCUT2D eigenvalue weighted by atomic mass is 9.83. The highest BCUT2D eigenvalue weighted by molar-refractivity contribution is 5.14. The average Bonchev–Trinajstić information content (AvgIpc) is 2.34. The summed E-state index contributed by atoms with van der Waals surface area (Å²) in [7, 11) is 0. The highest BCUT2D eigenvalue weighted by atomic mass is 15.2. The molecule has 1 aliphatic carbocycles. The monoisotopic (exact) mass is 233 g/mol. The molecule has 0 radical (unpaired) electrons. The highest BCUT2D eigenvalue weighted by Crippen LogP contribution is 2.32.